The van der Waals surface area contributed by atoms with Gasteiger partial charge in [0, 0.05) is 30.2 Å². The second-order valence-electron chi connectivity index (χ2n) is 6.60. The lowest BCUT2D eigenvalue weighted by Crippen LogP contribution is -2.28. The lowest BCUT2D eigenvalue weighted by atomic mass is 10.0. The summed E-state index contributed by atoms with van der Waals surface area (Å²) >= 11 is 1.43. The van der Waals surface area contributed by atoms with Crippen molar-refractivity contribution in [3.63, 3.8) is 0 Å². The number of urea groups is 1. The number of hydrogen-bond donors (Lipinski definition) is 2. The highest BCUT2D eigenvalue weighted by Crippen LogP contribution is 2.37. The highest BCUT2D eigenvalue weighted by molar-refractivity contribution is 7.22. The van der Waals surface area contributed by atoms with E-state index in [1.54, 1.807) is 12.3 Å². The standard InChI is InChI=1S/C23H25N5OS.2C2H6/c1-5-15(4)26-14-16(6-2)17-12-18(19-10-8-9-11-25-19)21-20(13-17)27-23(30-21)28-22(29)24-7-3;2*1-2/h6,8-14H,2,5,7H2,1,3-4H3,(H2,24,27,28,29);2*1-2H3/b16-14+,26-15?;;. The first-order valence-electron chi connectivity index (χ1n) is 11.8. The molecule has 2 amide bonds. The van der Waals surface area contributed by atoms with Crippen molar-refractivity contribution in [2.24, 2.45) is 4.99 Å². The number of thiazole rings is 1. The first-order chi connectivity index (χ1) is 16.5. The van der Waals surface area contributed by atoms with Crippen molar-refractivity contribution in [3.8, 4) is 11.3 Å². The van der Waals surface area contributed by atoms with Crippen LogP contribution in [0.3, 0.4) is 0 Å². The molecule has 0 aliphatic carbocycles. The molecule has 0 aliphatic heterocycles. The molecule has 0 spiro atoms. The predicted octanol–water partition coefficient (Wildman–Crippen LogP) is 7.95. The predicted molar refractivity (Wildman–Crippen MR) is 150 cm³/mol. The van der Waals surface area contributed by atoms with Gasteiger partial charge >= 0.3 is 6.03 Å². The summed E-state index contributed by atoms with van der Waals surface area (Å²) in [6.07, 6.45) is 6.27. The Morgan fingerprint density at radius 3 is 2.50 bits per heavy atom. The maximum atomic E-state index is 11.9. The Bertz CT molecular complexity index is 1120. The van der Waals surface area contributed by atoms with Crippen molar-refractivity contribution in [2.45, 2.75) is 54.9 Å². The number of nitrogens with zero attached hydrogens (tertiary/aromatic N) is 3. The van der Waals surface area contributed by atoms with E-state index in [2.05, 4.69) is 45.2 Å². The number of benzene rings is 1. The Hall–Kier alpha value is -3.32. The third-order valence-corrected chi connectivity index (χ3v) is 5.50. The van der Waals surface area contributed by atoms with Crippen LogP contribution in [-0.4, -0.2) is 28.3 Å². The fourth-order valence-corrected chi connectivity index (χ4v) is 3.75. The van der Waals surface area contributed by atoms with Crippen LogP contribution >= 0.6 is 11.3 Å². The van der Waals surface area contributed by atoms with E-state index in [0.717, 1.165) is 44.7 Å². The fraction of sp³-hybridized carbons (Fsp3) is 0.333. The quantitative estimate of drug-likeness (QED) is 0.266. The number of rotatable bonds is 7. The molecule has 34 heavy (non-hydrogen) atoms. The third kappa shape index (κ3) is 7.92. The Labute approximate surface area is 208 Å². The molecule has 0 aliphatic rings. The summed E-state index contributed by atoms with van der Waals surface area (Å²) in [6.45, 7) is 18.4. The number of aromatic nitrogens is 2. The van der Waals surface area contributed by atoms with E-state index < -0.39 is 0 Å². The summed E-state index contributed by atoms with van der Waals surface area (Å²) in [5.41, 5.74) is 5.47. The summed E-state index contributed by atoms with van der Waals surface area (Å²) in [6, 6.07) is 9.60. The second-order valence-corrected chi connectivity index (χ2v) is 7.60. The molecule has 7 heteroatoms. The van der Waals surface area contributed by atoms with Crippen molar-refractivity contribution in [1.29, 1.82) is 0 Å². The minimum atomic E-state index is -0.271. The number of carbonyl (C=O) groups is 1. The molecule has 3 aromatic rings. The van der Waals surface area contributed by atoms with Crippen molar-refractivity contribution in [2.75, 3.05) is 11.9 Å². The molecule has 0 bridgehead atoms. The van der Waals surface area contributed by atoms with E-state index in [1.807, 2.05) is 72.0 Å². The van der Waals surface area contributed by atoms with Crippen LogP contribution in [0, 0.1) is 0 Å². The van der Waals surface area contributed by atoms with Crippen LogP contribution in [-0.2, 0) is 0 Å². The molecule has 182 valence electrons. The zero-order chi connectivity index (χ0) is 25.5. The van der Waals surface area contributed by atoms with Crippen LogP contribution in [0.2, 0.25) is 0 Å². The van der Waals surface area contributed by atoms with Crippen molar-refractivity contribution >= 4 is 44.0 Å². The van der Waals surface area contributed by atoms with Gasteiger partial charge in [-0.2, -0.15) is 0 Å². The number of aliphatic imine (C=N–C) groups is 1. The zero-order valence-corrected chi connectivity index (χ0v) is 22.2. The smallest absolute Gasteiger partial charge is 0.321 e. The van der Waals surface area contributed by atoms with Gasteiger partial charge in [0.05, 0.1) is 15.9 Å². The lowest BCUT2D eigenvalue weighted by molar-refractivity contribution is 0.252. The molecule has 6 nitrogen and oxygen atoms in total. The third-order valence-electron chi connectivity index (χ3n) is 4.48. The van der Waals surface area contributed by atoms with Gasteiger partial charge < -0.3 is 5.32 Å². The molecule has 2 N–H and O–H groups in total. The number of fused-ring (bicyclic) bond motifs is 1. The highest BCUT2D eigenvalue weighted by atomic mass is 32.1. The number of nitrogens with one attached hydrogen (secondary N) is 2. The average Bonchev–Trinajstić information content (AvgIpc) is 3.29. The van der Waals surface area contributed by atoms with Gasteiger partial charge in [0.25, 0.3) is 0 Å². The molecular weight excluding hydrogens is 442 g/mol. The molecule has 2 heterocycles. The first kappa shape index (κ1) is 28.7. The zero-order valence-electron chi connectivity index (χ0n) is 21.4. The number of pyridine rings is 1. The second kappa shape index (κ2) is 15.5. The van der Waals surface area contributed by atoms with E-state index in [4.69, 9.17) is 0 Å². The summed E-state index contributed by atoms with van der Waals surface area (Å²) in [4.78, 5) is 25.6. The lowest BCUT2D eigenvalue weighted by Gasteiger charge is -2.07. The summed E-state index contributed by atoms with van der Waals surface area (Å²) < 4.78 is 0.959. The van der Waals surface area contributed by atoms with Gasteiger partial charge in [-0.15, -0.1) is 0 Å². The van der Waals surface area contributed by atoms with Crippen LogP contribution < -0.4 is 10.6 Å². The van der Waals surface area contributed by atoms with Crippen LogP contribution in [0.4, 0.5) is 9.93 Å². The van der Waals surface area contributed by atoms with Crippen LogP contribution in [0.1, 0.15) is 60.5 Å². The number of anilines is 1. The first-order valence-corrected chi connectivity index (χ1v) is 12.6. The Morgan fingerprint density at radius 2 is 1.91 bits per heavy atom. The van der Waals surface area contributed by atoms with Gasteiger partial charge in [0.1, 0.15) is 0 Å². The van der Waals surface area contributed by atoms with Gasteiger partial charge in [-0.1, -0.05) is 64.7 Å². The number of hydrogen-bond acceptors (Lipinski definition) is 5. The Morgan fingerprint density at radius 1 is 1.18 bits per heavy atom. The maximum Gasteiger partial charge on any atom is 0.321 e. The van der Waals surface area contributed by atoms with Crippen molar-refractivity contribution < 1.29 is 4.79 Å². The van der Waals surface area contributed by atoms with E-state index in [0.29, 0.717) is 11.7 Å². The van der Waals surface area contributed by atoms with Crippen LogP contribution in [0.5, 0.6) is 0 Å². The molecule has 0 saturated heterocycles. The molecule has 0 unspecified atom stereocenters. The number of carbonyl (C=O) groups excluding carboxylic acids is 1. The van der Waals surface area contributed by atoms with E-state index in [9.17, 15) is 4.79 Å². The van der Waals surface area contributed by atoms with Crippen molar-refractivity contribution in [1.82, 2.24) is 15.3 Å². The topological polar surface area (TPSA) is 79.3 Å². The summed E-state index contributed by atoms with van der Waals surface area (Å²) in [7, 11) is 0. The summed E-state index contributed by atoms with van der Waals surface area (Å²) in [5.74, 6) is 0. The maximum absolute atomic E-state index is 11.9. The molecule has 0 atom stereocenters. The number of amides is 2. The van der Waals surface area contributed by atoms with Gasteiger partial charge in [-0.25, -0.2) is 9.78 Å². The van der Waals surface area contributed by atoms with E-state index in [-0.39, 0.29) is 6.03 Å². The fourth-order valence-electron chi connectivity index (χ4n) is 2.78. The van der Waals surface area contributed by atoms with Gasteiger partial charge in [-0.3, -0.25) is 15.3 Å². The van der Waals surface area contributed by atoms with E-state index >= 15 is 0 Å². The molecule has 3 rings (SSSR count). The molecule has 0 fully saturated rings. The Kier molecular flexibility index (Phi) is 13.1. The van der Waals surface area contributed by atoms with Gasteiger partial charge in [0.2, 0.25) is 0 Å². The molecule has 2 aromatic heterocycles. The van der Waals surface area contributed by atoms with Crippen LogP contribution in [0.15, 0.2) is 60.4 Å². The van der Waals surface area contributed by atoms with Crippen molar-refractivity contribution in [3.05, 3.63) is 60.9 Å². The van der Waals surface area contributed by atoms with Gasteiger partial charge in [0.15, 0.2) is 5.13 Å². The van der Waals surface area contributed by atoms with Gasteiger partial charge in [-0.05, 0) is 55.7 Å². The normalized spacial score (nSPS) is 11.0. The molecule has 0 saturated carbocycles. The largest absolute Gasteiger partial charge is 0.338 e. The summed E-state index contributed by atoms with van der Waals surface area (Å²) in [5, 5.41) is 6.06. The minimum Gasteiger partial charge on any atom is -0.338 e. The average molecular weight is 480 g/mol. The molecule has 1 aromatic carbocycles. The SMILES string of the molecule is C=C/C(=C\N=C(C)CC)c1cc(-c2ccccn2)c2sc(NC(=O)NCC)nc2c1.CC.CC. The van der Waals surface area contributed by atoms with Crippen LogP contribution in [0.25, 0.3) is 27.0 Å². The highest BCUT2D eigenvalue weighted by Gasteiger charge is 2.15. The molecule has 0 radical (unpaired) electrons. The number of allylic oxidation sites excluding steroid dienone is 2. The minimum absolute atomic E-state index is 0.271. The van der Waals surface area contributed by atoms with E-state index in [1.165, 1.54) is 11.3 Å². The molecular formula is C27H37N5OS. The Balaban J connectivity index is 0.00000137. The monoisotopic (exact) mass is 479 g/mol.